The smallest absolute Gasteiger partial charge is 0.406 e. The van der Waals surface area contributed by atoms with Gasteiger partial charge in [0.15, 0.2) is 5.76 Å². The lowest BCUT2D eigenvalue weighted by Crippen LogP contribution is -2.36. The molecule has 1 aliphatic rings. The molecule has 1 saturated carbocycles. The molecule has 0 aliphatic heterocycles. The van der Waals surface area contributed by atoms with Crippen LogP contribution < -0.4 is 15.4 Å². The van der Waals surface area contributed by atoms with Crippen LogP contribution >= 0.6 is 0 Å². The molecule has 1 aliphatic carbocycles. The molecule has 1 fully saturated rings. The highest BCUT2D eigenvalue weighted by molar-refractivity contribution is 5.74. The van der Waals surface area contributed by atoms with E-state index in [4.69, 9.17) is 4.52 Å². The zero-order valence-corrected chi connectivity index (χ0v) is 12.7. The van der Waals surface area contributed by atoms with Crippen molar-refractivity contribution in [1.29, 1.82) is 0 Å². The topological polar surface area (TPSA) is 76.4 Å². The van der Waals surface area contributed by atoms with Crippen LogP contribution in [0.15, 0.2) is 28.8 Å². The lowest BCUT2D eigenvalue weighted by atomic mass is 10.1. The average Bonchev–Trinajstić information content (AvgIpc) is 3.17. The summed E-state index contributed by atoms with van der Waals surface area (Å²) in [6, 6.07) is 3.84. The Morgan fingerprint density at radius 1 is 1.28 bits per heavy atom. The third kappa shape index (κ3) is 5.10. The van der Waals surface area contributed by atoms with Gasteiger partial charge in [0.1, 0.15) is 17.3 Å². The van der Waals surface area contributed by atoms with Gasteiger partial charge in [-0.05, 0) is 25.0 Å². The van der Waals surface area contributed by atoms with Crippen LogP contribution in [0.25, 0.3) is 11.3 Å². The van der Waals surface area contributed by atoms with Gasteiger partial charge in [0, 0.05) is 23.7 Å². The minimum absolute atomic E-state index is 0.0345. The normalized spacial score (nSPS) is 14.2. The van der Waals surface area contributed by atoms with Crippen LogP contribution in [-0.2, 0) is 6.54 Å². The lowest BCUT2D eigenvalue weighted by Gasteiger charge is -2.09. The fourth-order valence-electron chi connectivity index (χ4n) is 2.07. The van der Waals surface area contributed by atoms with Crippen molar-refractivity contribution >= 4 is 6.03 Å². The molecule has 1 aromatic carbocycles. The van der Waals surface area contributed by atoms with Crippen LogP contribution in [0, 0.1) is 5.82 Å². The number of rotatable bonds is 5. The molecule has 0 saturated heterocycles. The summed E-state index contributed by atoms with van der Waals surface area (Å²) in [6.45, 7) is 0.0345. The van der Waals surface area contributed by atoms with Crippen molar-refractivity contribution in [2.75, 3.05) is 0 Å². The minimum Gasteiger partial charge on any atom is -0.406 e. The molecule has 1 aromatic heterocycles. The number of halogens is 4. The summed E-state index contributed by atoms with van der Waals surface area (Å²) < 4.78 is 59.0. The summed E-state index contributed by atoms with van der Waals surface area (Å²) in [7, 11) is 0. The predicted molar refractivity (Wildman–Crippen MR) is 77.0 cm³/mol. The molecule has 0 spiro atoms. The first-order chi connectivity index (χ1) is 11.8. The van der Waals surface area contributed by atoms with Gasteiger partial charge in [0.25, 0.3) is 0 Å². The molecule has 0 atom stereocenters. The van der Waals surface area contributed by atoms with Crippen LogP contribution in [0.1, 0.15) is 18.6 Å². The Kier molecular flexibility index (Phi) is 4.51. The molecule has 0 unspecified atom stereocenters. The molecule has 25 heavy (non-hydrogen) atoms. The number of urea groups is 1. The highest BCUT2D eigenvalue weighted by atomic mass is 19.4. The third-order valence-corrected chi connectivity index (χ3v) is 3.30. The van der Waals surface area contributed by atoms with Crippen molar-refractivity contribution in [1.82, 2.24) is 15.8 Å². The Morgan fingerprint density at radius 3 is 2.72 bits per heavy atom. The van der Waals surface area contributed by atoms with Crippen LogP contribution in [0.3, 0.4) is 0 Å². The molecular weight excluding hydrogens is 346 g/mol. The van der Waals surface area contributed by atoms with Gasteiger partial charge >= 0.3 is 12.4 Å². The highest BCUT2D eigenvalue weighted by Gasteiger charge is 2.31. The predicted octanol–water partition coefficient (Wildman–Crippen LogP) is 3.34. The van der Waals surface area contributed by atoms with Crippen molar-refractivity contribution in [3.8, 4) is 17.0 Å². The number of hydrogen-bond acceptors (Lipinski definition) is 4. The average molecular weight is 359 g/mol. The summed E-state index contributed by atoms with van der Waals surface area (Å²) in [5.41, 5.74) is 0.169. The first-order valence-electron chi connectivity index (χ1n) is 7.35. The van der Waals surface area contributed by atoms with E-state index in [1.54, 1.807) is 0 Å². The molecule has 1 heterocycles. The van der Waals surface area contributed by atoms with E-state index in [9.17, 15) is 22.4 Å². The molecule has 2 amide bonds. The summed E-state index contributed by atoms with van der Waals surface area (Å²) in [5, 5.41) is 8.94. The Labute approximate surface area is 139 Å². The van der Waals surface area contributed by atoms with E-state index in [1.807, 2.05) is 0 Å². The van der Waals surface area contributed by atoms with Gasteiger partial charge in [0.2, 0.25) is 0 Å². The fourth-order valence-corrected chi connectivity index (χ4v) is 2.07. The van der Waals surface area contributed by atoms with Gasteiger partial charge in [-0.3, -0.25) is 0 Å². The van der Waals surface area contributed by atoms with Crippen LogP contribution in [0.5, 0.6) is 5.75 Å². The van der Waals surface area contributed by atoms with Crippen molar-refractivity contribution in [3.05, 3.63) is 35.8 Å². The summed E-state index contributed by atoms with van der Waals surface area (Å²) in [5.74, 6) is -1.35. The first-order valence-corrected chi connectivity index (χ1v) is 7.35. The van der Waals surface area contributed by atoms with E-state index in [1.165, 1.54) is 6.07 Å². The third-order valence-electron chi connectivity index (χ3n) is 3.30. The Bertz CT molecular complexity index is 772. The van der Waals surface area contributed by atoms with E-state index in [-0.39, 0.29) is 35.6 Å². The van der Waals surface area contributed by atoms with Crippen molar-refractivity contribution < 1.29 is 31.6 Å². The second kappa shape index (κ2) is 6.61. The summed E-state index contributed by atoms with van der Waals surface area (Å²) >= 11 is 0. The zero-order chi connectivity index (χ0) is 18.0. The van der Waals surface area contributed by atoms with Gasteiger partial charge in [-0.15, -0.1) is 13.2 Å². The van der Waals surface area contributed by atoms with Gasteiger partial charge in [-0.1, -0.05) is 5.16 Å². The van der Waals surface area contributed by atoms with Gasteiger partial charge in [-0.2, -0.15) is 0 Å². The summed E-state index contributed by atoms with van der Waals surface area (Å²) in [4.78, 5) is 11.5. The monoisotopic (exact) mass is 359 g/mol. The highest BCUT2D eigenvalue weighted by Crippen LogP contribution is 2.29. The number of nitrogens with zero attached hydrogens (tertiary/aromatic N) is 1. The molecule has 6 nitrogen and oxygen atoms in total. The van der Waals surface area contributed by atoms with E-state index in [2.05, 4.69) is 20.5 Å². The van der Waals surface area contributed by atoms with Crippen LogP contribution in [-0.4, -0.2) is 23.6 Å². The Hall–Kier alpha value is -2.78. The molecule has 2 N–H and O–H groups in total. The number of carbonyl (C=O) groups excluding carboxylic acids is 1. The fraction of sp³-hybridized carbons (Fsp3) is 0.333. The quantitative estimate of drug-likeness (QED) is 0.803. The number of ether oxygens (including phenoxy) is 1. The molecule has 0 radical (unpaired) electrons. The zero-order valence-electron chi connectivity index (χ0n) is 12.7. The van der Waals surface area contributed by atoms with Crippen molar-refractivity contribution in [2.24, 2.45) is 0 Å². The Balaban J connectivity index is 1.67. The lowest BCUT2D eigenvalue weighted by molar-refractivity contribution is -0.274. The van der Waals surface area contributed by atoms with E-state index in [0.29, 0.717) is 6.07 Å². The number of nitrogens with one attached hydrogen (secondary N) is 2. The number of carbonyl (C=O) groups is 1. The number of benzene rings is 1. The standard InChI is InChI=1S/C15H13F4N3O3/c16-9-3-8(4-11(5-9)24-15(17,18)19)13-6-12(25-22-13)7-20-14(23)21-10-1-2-10/h3-6,10H,1-2,7H2,(H2,20,21,23). The first kappa shape index (κ1) is 17.1. The van der Waals surface area contributed by atoms with Gasteiger partial charge in [-0.25, -0.2) is 9.18 Å². The van der Waals surface area contributed by atoms with Crippen molar-refractivity contribution in [3.63, 3.8) is 0 Å². The summed E-state index contributed by atoms with van der Waals surface area (Å²) in [6.07, 6.45) is -3.04. The second-order valence-electron chi connectivity index (χ2n) is 5.50. The van der Waals surface area contributed by atoms with E-state index < -0.39 is 17.9 Å². The maximum Gasteiger partial charge on any atom is 0.573 e. The molecule has 10 heteroatoms. The maximum absolute atomic E-state index is 13.5. The minimum atomic E-state index is -4.93. The largest absolute Gasteiger partial charge is 0.573 e. The van der Waals surface area contributed by atoms with Crippen LogP contribution in [0.2, 0.25) is 0 Å². The number of amides is 2. The molecule has 3 rings (SSSR count). The molecule has 0 bridgehead atoms. The Morgan fingerprint density at radius 2 is 2.04 bits per heavy atom. The second-order valence-corrected chi connectivity index (χ2v) is 5.50. The molecule has 134 valence electrons. The van der Waals surface area contributed by atoms with E-state index >= 15 is 0 Å². The molecular formula is C15H13F4N3O3. The molecule has 2 aromatic rings. The van der Waals surface area contributed by atoms with Gasteiger partial charge in [0.05, 0.1) is 6.54 Å². The van der Waals surface area contributed by atoms with Crippen molar-refractivity contribution in [2.45, 2.75) is 31.8 Å². The number of aromatic nitrogens is 1. The van der Waals surface area contributed by atoms with Crippen LogP contribution in [0.4, 0.5) is 22.4 Å². The number of hydrogen-bond donors (Lipinski definition) is 2. The maximum atomic E-state index is 13.5. The number of alkyl halides is 3. The SMILES string of the molecule is O=C(NCc1cc(-c2cc(F)cc(OC(F)(F)F)c2)no1)NC1CC1. The van der Waals surface area contributed by atoms with E-state index in [0.717, 1.165) is 25.0 Å². The van der Waals surface area contributed by atoms with Gasteiger partial charge < -0.3 is 19.9 Å².